The van der Waals surface area contributed by atoms with Crippen LogP contribution in [0.4, 0.5) is 0 Å². The van der Waals surface area contributed by atoms with Crippen molar-refractivity contribution in [3.05, 3.63) is 134 Å². The summed E-state index contributed by atoms with van der Waals surface area (Å²) in [7, 11) is 0. The van der Waals surface area contributed by atoms with Crippen LogP contribution in [0.15, 0.2) is 134 Å². The van der Waals surface area contributed by atoms with Gasteiger partial charge in [0.1, 0.15) is 24.4 Å². The van der Waals surface area contributed by atoms with Crippen LogP contribution in [0.1, 0.15) is 245 Å². The number of aliphatic hydroxyl groups excluding tert-OH is 5. The number of ether oxygens (including phenoxy) is 2. The van der Waals surface area contributed by atoms with Gasteiger partial charge < -0.3 is 40.3 Å². The molecule has 0 aromatic carbocycles. The summed E-state index contributed by atoms with van der Waals surface area (Å²) in [6, 6.07) is -0.830. The van der Waals surface area contributed by atoms with E-state index in [-0.39, 0.29) is 12.5 Å². The van der Waals surface area contributed by atoms with E-state index in [1.807, 2.05) is 6.08 Å². The number of hydrogen-bond acceptors (Lipinski definition) is 8. The molecule has 9 nitrogen and oxygen atoms in total. The standard InChI is InChI=1S/C70H117NO8/c1-3-5-7-9-11-13-15-17-19-20-21-22-23-24-25-26-27-28-29-30-31-32-33-34-35-36-37-38-39-40-41-42-43-44-46-48-50-52-54-56-58-60-66(74)71-63(62-78-70-69(77)68(76)67(75)65(61-72)79-70)64(73)59-57-55-53-51-49-47-45-18-16-14-12-10-8-6-4-2/h5,7,11,13,17,19,21-22,24-25,27-28,30-31,33-34,36-37,49,51,57,59,63-65,67-70,72-73,75-77H,3-4,6,8-10,12,14-16,18,20,23,26,29,32,35,38-48,50,52-56,58,60-62H2,1-2H3,(H,71,74)/b7-5-,13-11-,19-17-,22-21-,25-24-,28-27-,31-30-,34-33-,37-36-,51-49+,59-57+. The maximum Gasteiger partial charge on any atom is 0.220 e. The van der Waals surface area contributed by atoms with Gasteiger partial charge in [-0.1, -0.05) is 270 Å². The molecule has 0 radical (unpaired) electrons. The number of carbonyl (C=O) groups is 1. The molecule has 7 atom stereocenters. The Labute approximate surface area is 483 Å². The van der Waals surface area contributed by atoms with E-state index in [2.05, 4.69) is 141 Å². The van der Waals surface area contributed by atoms with E-state index in [0.717, 1.165) is 96.3 Å². The van der Waals surface area contributed by atoms with Crippen LogP contribution >= 0.6 is 0 Å². The second kappa shape index (κ2) is 57.6. The van der Waals surface area contributed by atoms with Gasteiger partial charge in [-0.05, 0) is 103 Å². The summed E-state index contributed by atoms with van der Waals surface area (Å²) in [4.78, 5) is 13.1. The van der Waals surface area contributed by atoms with Crippen molar-refractivity contribution in [3.63, 3.8) is 0 Å². The van der Waals surface area contributed by atoms with Crippen LogP contribution in [0.25, 0.3) is 0 Å². The van der Waals surface area contributed by atoms with E-state index in [1.54, 1.807) is 6.08 Å². The molecule has 0 spiro atoms. The van der Waals surface area contributed by atoms with E-state index in [0.29, 0.717) is 6.42 Å². The van der Waals surface area contributed by atoms with Crippen molar-refractivity contribution in [3.8, 4) is 0 Å². The Kier molecular flexibility index (Phi) is 53.4. The number of rotatable bonds is 53. The van der Waals surface area contributed by atoms with Gasteiger partial charge >= 0.3 is 0 Å². The Bertz CT molecular complexity index is 1700. The van der Waals surface area contributed by atoms with Gasteiger partial charge in [0.2, 0.25) is 5.91 Å². The molecule has 0 bridgehead atoms. The molecule has 1 fully saturated rings. The van der Waals surface area contributed by atoms with Gasteiger partial charge in [-0.15, -0.1) is 0 Å². The zero-order valence-corrected chi connectivity index (χ0v) is 50.1. The van der Waals surface area contributed by atoms with E-state index < -0.39 is 49.5 Å². The number of carbonyl (C=O) groups excluding carboxylic acids is 1. The Morgan fingerprint density at radius 1 is 0.443 bits per heavy atom. The Morgan fingerprint density at radius 3 is 1.22 bits per heavy atom. The molecule has 1 aliphatic heterocycles. The lowest BCUT2D eigenvalue weighted by atomic mass is 9.99. The number of aliphatic hydroxyl groups is 5. The second-order valence-corrected chi connectivity index (χ2v) is 21.5. The lowest BCUT2D eigenvalue weighted by Gasteiger charge is -2.40. The third kappa shape index (κ3) is 46.6. The van der Waals surface area contributed by atoms with Crippen molar-refractivity contribution < 1.29 is 39.8 Å². The van der Waals surface area contributed by atoms with E-state index in [4.69, 9.17) is 9.47 Å². The third-order valence-electron chi connectivity index (χ3n) is 14.2. The highest BCUT2D eigenvalue weighted by atomic mass is 16.7. The van der Waals surface area contributed by atoms with Gasteiger partial charge in [0.15, 0.2) is 6.29 Å². The van der Waals surface area contributed by atoms with Crippen LogP contribution in [0.5, 0.6) is 0 Å². The smallest absolute Gasteiger partial charge is 0.220 e. The molecule has 6 N–H and O–H groups in total. The van der Waals surface area contributed by atoms with Gasteiger partial charge in [-0.25, -0.2) is 0 Å². The van der Waals surface area contributed by atoms with Crippen molar-refractivity contribution in [1.82, 2.24) is 5.32 Å². The van der Waals surface area contributed by atoms with E-state index in [1.165, 1.54) is 128 Å². The highest BCUT2D eigenvalue weighted by molar-refractivity contribution is 5.76. The number of amides is 1. The molecule has 0 saturated carbocycles. The summed E-state index contributed by atoms with van der Waals surface area (Å²) in [6.45, 7) is 3.64. The molecule has 1 aliphatic rings. The highest BCUT2D eigenvalue weighted by Crippen LogP contribution is 2.23. The third-order valence-corrected chi connectivity index (χ3v) is 14.2. The van der Waals surface area contributed by atoms with Crippen LogP contribution < -0.4 is 5.32 Å². The fourth-order valence-corrected chi connectivity index (χ4v) is 9.22. The first-order valence-corrected chi connectivity index (χ1v) is 31.9. The van der Waals surface area contributed by atoms with Crippen molar-refractivity contribution in [1.29, 1.82) is 0 Å². The summed E-state index contributed by atoms with van der Waals surface area (Å²) in [6.07, 6.45) is 81.1. The minimum Gasteiger partial charge on any atom is -0.394 e. The first-order chi connectivity index (χ1) is 38.8. The summed E-state index contributed by atoms with van der Waals surface area (Å²) in [5, 5.41) is 54.5. The Morgan fingerprint density at radius 2 is 0.797 bits per heavy atom. The van der Waals surface area contributed by atoms with Crippen molar-refractivity contribution >= 4 is 5.91 Å². The molecular weight excluding hydrogens is 983 g/mol. The van der Waals surface area contributed by atoms with Crippen LogP contribution in [0.3, 0.4) is 0 Å². The quantitative estimate of drug-likeness (QED) is 0.0261. The van der Waals surface area contributed by atoms with Crippen LogP contribution in [-0.4, -0.2) is 87.5 Å². The first kappa shape index (κ1) is 73.3. The number of unbranched alkanes of at least 4 members (excludes halogenated alkanes) is 23. The summed E-state index contributed by atoms with van der Waals surface area (Å²) < 4.78 is 11.3. The maximum atomic E-state index is 13.1. The molecule has 1 saturated heterocycles. The number of nitrogens with one attached hydrogen (secondary N) is 1. The fraction of sp³-hybridized carbons (Fsp3) is 0.671. The largest absolute Gasteiger partial charge is 0.394 e. The lowest BCUT2D eigenvalue weighted by Crippen LogP contribution is -2.60. The zero-order chi connectivity index (χ0) is 57.2. The molecule has 1 rings (SSSR count). The predicted molar refractivity (Wildman–Crippen MR) is 336 cm³/mol. The normalized spacial score (nSPS) is 19.5. The van der Waals surface area contributed by atoms with Gasteiger partial charge in [0.05, 0.1) is 25.4 Å². The molecule has 7 unspecified atom stereocenters. The fourth-order valence-electron chi connectivity index (χ4n) is 9.22. The zero-order valence-electron chi connectivity index (χ0n) is 50.1. The lowest BCUT2D eigenvalue weighted by molar-refractivity contribution is -0.302. The Hall–Kier alpha value is -3.67. The van der Waals surface area contributed by atoms with Crippen LogP contribution in [-0.2, 0) is 14.3 Å². The first-order valence-electron chi connectivity index (χ1n) is 31.9. The predicted octanol–water partition coefficient (Wildman–Crippen LogP) is 16.9. The second-order valence-electron chi connectivity index (χ2n) is 21.5. The Balaban J connectivity index is 2.13. The van der Waals surface area contributed by atoms with Gasteiger partial charge in [-0.2, -0.15) is 0 Å². The van der Waals surface area contributed by atoms with E-state index in [9.17, 15) is 30.3 Å². The van der Waals surface area contributed by atoms with Crippen molar-refractivity contribution in [2.75, 3.05) is 13.2 Å². The molecule has 450 valence electrons. The number of hydrogen-bond donors (Lipinski definition) is 6. The average molecular weight is 1100 g/mol. The monoisotopic (exact) mass is 1100 g/mol. The number of allylic oxidation sites excluding steroid dienone is 21. The molecular formula is C70H117NO8. The molecule has 0 aromatic rings. The molecule has 9 heteroatoms. The van der Waals surface area contributed by atoms with E-state index >= 15 is 0 Å². The molecule has 0 aromatic heterocycles. The summed E-state index contributed by atoms with van der Waals surface area (Å²) >= 11 is 0. The van der Waals surface area contributed by atoms with Gasteiger partial charge in [-0.3, -0.25) is 4.79 Å². The van der Waals surface area contributed by atoms with Crippen molar-refractivity contribution in [2.24, 2.45) is 0 Å². The summed E-state index contributed by atoms with van der Waals surface area (Å²) in [5.41, 5.74) is 0. The summed E-state index contributed by atoms with van der Waals surface area (Å²) in [5.74, 6) is -0.193. The van der Waals surface area contributed by atoms with Gasteiger partial charge in [0, 0.05) is 6.42 Å². The average Bonchev–Trinajstić information content (AvgIpc) is 3.46. The minimum atomic E-state index is -1.58. The van der Waals surface area contributed by atoms with Crippen LogP contribution in [0.2, 0.25) is 0 Å². The maximum absolute atomic E-state index is 13.1. The highest BCUT2D eigenvalue weighted by Gasteiger charge is 2.44. The van der Waals surface area contributed by atoms with Gasteiger partial charge in [0.25, 0.3) is 0 Å². The molecule has 0 aliphatic carbocycles. The minimum absolute atomic E-state index is 0.193. The molecule has 79 heavy (non-hydrogen) atoms. The van der Waals surface area contributed by atoms with Crippen LogP contribution in [0, 0.1) is 0 Å². The molecule has 1 heterocycles. The van der Waals surface area contributed by atoms with Crippen molar-refractivity contribution in [2.45, 2.75) is 288 Å². The topological polar surface area (TPSA) is 149 Å². The molecule has 1 amide bonds. The SMILES string of the molecule is CC/C=C\C/C=C\C/C=C\C/C=C\C/C=C\C/C=C\C/C=C\C/C=C\C/C=C\CCCCCCCCCCCCCCCC(=O)NC(COC1OC(CO)C(O)C(O)C1O)C(O)/C=C/CC/C=C/CCCCCCCCCCC.